The first-order chi connectivity index (χ1) is 12.5. The van der Waals surface area contributed by atoms with Gasteiger partial charge in [-0.25, -0.2) is 0 Å². The van der Waals surface area contributed by atoms with E-state index in [1.54, 1.807) is 31.4 Å². The summed E-state index contributed by atoms with van der Waals surface area (Å²) in [6.07, 6.45) is 1.79. The van der Waals surface area contributed by atoms with Crippen molar-refractivity contribution in [3.63, 3.8) is 0 Å². The second kappa shape index (κ2) is 8.31. The molecular weight excluding hydrogens is 411 g/mol. The number of thioether (sulfide) groups is 1. The number of thiocarbonyl (C=S) groups is 1. The Morgan fingerprint density at radius 2 is 2.00 bits per heavy atom. The summed E-state index contributed by atoms with van der Waals surface area (Å²) in [4.78, 5) is 14.7. The van der Waals surface area contributed by atoms with E-state index >= 15 is 0 Å². The van der Waals surface area contributed by atoms with Crippen LogP contribution < -0.4 is 10.1 Å². The lowest BCUT2D eigenvalue weighted by Crippen LogP contribution is -2.33. The number of para-hydroxylation sites is 1. The Morgan fingerprint density at radius 3 is 2.73 bits per heavy atom. The third-order valence-electron chi connectivity index (χ3n) is 3.66. The predicted molar refractivity (Wildman–Crippen MR) is 113 cm³/mol. The SMILES string of the molecule is COc1ccccc1/C=C1\SC(=S)N(CNc2ccc(Cl)c(Cl)c2)C1=O. The summed E-state index contributed by atoms with van der Waals surface area (Å²) in [5, 5.41) is 4.05. The van der Waals surface area contributed by atoms with Crippen molar-refractivity contribution >= 4 is 69.2 Å². The fraction of sp³-hybridized carbons (Fsp3) is 0.111. The van der Waals surface area contributed by atoms with E-state index in [1.165, 1.54) is 16.7 Å². The lowest BCUT2D eigenvalue weighted by Gasteiger charge is -2.16. The topological polar surface area (TPSA) is 41.6 Å². The largest absolute Gasteiger partial charge is 0.496 e. The van der Waals surface area contributed by atoms with Crippen LogP contribution >= 0.6 is 47.2 Å². The molecule has 134 valence electrons. The van der Waals surface area contributed by atoms with Gasteiger partial charge in [-0.2, -0.15) is 0 Å². The number of nitrogens with zero attached hydrogens (tertiary/aromatic N) is 1. The lowest BCUT2D eigenvalue weighted by molar-refractivity contribution is -0.121. The van der Waals surface area contributed by atoms with Crippen LogP contribution in [0.4, 0.5) is 5.69 Å². The molecule has 3 rings (SSSR count). The molecule has 4 nitrogen and oxygen atoms in total. The van der Waals surface area contributed by atoms with Crippen molar-refractivity contribution in [1.29, 1.82) is 0 Å². The summed E-state index contributed by atoms with van der Waals surface area (Å²) in [6, 6.07) is 12.7. The van der Waals surface area contributed by atoms with Gasteiger partial charge in [0.2, 0.25) is 0 Å². The first-order valence-corrected chi connectivity index (χ1v) is 9.55. The average Bonchev–Trinajstić information content (AvgIpc) is 2.90. The van der Waals surface area contributed by atoms with Crippen LogP contribution in [0.25, 0.3) is 6.08 Å². The van der Waals surface area contributed by atoms with Crippen LogP contribution in [0.1, 0.15) is 5.56 Å². The highest BCUT2D eigenvalue weighted by Crippen LogP contribution is 2.34. The van der Waals surface area contributed by atoms with E-state index in [4.69, 9.17) is 40.2 Å². The molecule has 0 radical (unpaired) electrons. The van der Waals surface area contributed by atoms with Crippen molar-refractivity contribution in [2.45, 2.75) is 0 Å². The maximum atomic E-state index is 12.7. The van der Waals surface area contributed by atoms with Gasteiger partial charge in [-0.15, -0.1) is 0 Å². The van der Waals surface area contributed by atoms with Crippen molar-refractivity contribution in [1.82, 2.24) is 4.90 Å². The molecule has 0 aromatic heterocycles. The minimum atomic E-state index is -0.154. The molecule has 1 N–H and O–H groups in total. The van der Waals surface area contributed by atoms with E-state index in [2.05, 4.69) is 5.32 Å². The summed E-state index contributed by atoms with van der Waals surface area (Å²) in [5.74, 6) is 0.546. The Morgan fingerprint density at radius 1 is 1.23 bits per heavy atom. The molecule has 1 heterocycles. The van der Waals surface area contributed by atoms with Crippen LogP contribution in [-0.4, -0.2) is 28.9 Å². The van der Waals surface area contributed by atoms with Crippen molar-refractivity contribution in [2.24, 2.45) is 0 Å². The second-order valence-corrected chi connectivity index (χ2v) is 7.81. The van der Waals surface area contributed by atoms with Crippen LogP contribution in [0.3, 0.4) is 0 Å². The van der Waals surface area contributed by atoms with Crippen LogP contribution in [0.5, 0.6) is 5.75 Å². The smallest absolute Gasteiger partial charge is 0.267 e. The number of ether oxygens (including phenoxy) is 1. The molecule has 2 aromatic rings. The predicted octanol–water partition coefficient (Wildman–Crippen LogP) is 5.27. The molecule has 0 aliphatic carbocycles. The molecule has 0 bridgehead atoms. The van der Waals surface area contributed by atoms with Gasteiger partial charge in [0.15, 0.2) is 0 Å². The highest BCUT2D eigenvalue weighted by molar-refractivity contribution is 8.26. The van der Waals surface area contributed by atoms with Crippen LogP contribution in [0.15, 0.2) is 47.4 Å². The zero-order valence-corrected chi connectivity index (χ0v) is 16.8. The molecule has 0 atom stereocenters. The molecule has 1 aliphatic heterocycles. The highest BCUT2D eigenvalue weighted by Gasteiger charge is 2.32. The molecule has 1 saturated heterocycles. The van der Waals surface area contributed by atoms with Crippen LogP contribution in [0.2, 0.25) is 10.0 Å². The maximum absolute atomic E-state index is 12.7. The monoisotopic (exact) mass is 424 g/mol. The summed E-state index contributed by atoms with van der Waals surface area (Å²) >= 11 is 18.5. The third kappa shape index (κ3) is 4.15. The van der Waals surface area contributed by atoms with E-state index in [0.29, 0.717) is 25.0 Å². The van der Waals surface area contributed by atoms with Gasteiger partial charge in [-0.1, -0.05) is 65.4 Å². The second-order valence-electron chi connectivity index (χ2n) is 5.32. The molecule has 26 heavy (non-hydrogen) atoms. The molecule has 0 saturated carbocycles. The molecule has 8 heteroatoms. The minimum Gasteiger partial charge on any atom is -0.496 e. The van der Waals surface area contributed by atoms with Gasteiger partial charge in [0, 0.05) is 11.3 Å². The van der Waals surface area contributed by atoms with Crippen molar-refractivity contribution in [2.75, 3.05) is 19.1 Å². The van der Waals surface area contributed by atoms with Gasteiger partial charge in [-0.3, -0.25) is 9.69 Å². The molecule has 1 aliphatic rings. The van der Waals surface area contributed by atoms with Gasteiger partial charge in [0.05, 0.1) is 28.7 Å². The molecule has 2 aromatic carbocycles. The minimum absolute atomic E-state index is 0.154. The highest BCUT2D eigenvalue weighted by atomic mass is 35.5. The number of carbonyl (C=O) groups excluding carboxylic acids is 1. The van der Waals surface area contributed by atoms with Gasteiger partial charge in [-0.05, 0) is 30.3 Å². The first-order valence-electron chi connectivity index (χ1n) is 7.57. The van der Waals surface area contributed by atoms with E-state index < -0.39 is 0 Å². The zero-order valence-electron chi connectivity index (χ0n) is 13.7. The molecule has 0 unspecified atom stereocenters. The Balaban J connectivity index is 1.74. The third-order valence-corrected chi connectivity index (χ3v) is 5.78. The Bertz CT molecular complexity index is 903. The van der Waals surface area contributed by atoms with Crippen molar-refractivity contribution in [3.05, 3.63) is 63.0 Å². The van der Waals surface area contributed by atoms with Gasteiger partial charge in [0.25, 0.3) is 5.91 Å². The normalized spacial score (nSPS) is 15.7. The summed E-state index contributed by atoms with van der Waals surface area (Å²) in [5.41, 5.74) is 1.58. The van der Waals surface area contributed by atoms with Gasteiger partial charge >= 0.3 is 0 Å². The summed E-state index contributed by atoms with van der Waals surface area (Å²) in [7, 11) is 1.60. The maximum Gasteiger partial charge on any atom is 0.267 e. The zero-order chi connectivity index (χ0) is 18.7. The number of benzene rings is 2. The van der Waals surface area contributed by atoms with Crippen molar-refractivity contribution in [3.8, 4) is 5.75 Å². The van der Waals surface area contributed by atoms with E-state index in [9.17, 15) is 4.79 Å². The molecule has 0 spiro atoms. The number of carbonyl (C=O) groups is 1. The van der Waals surface area contributed by atoms with Gasteiger partial charge < -0.3 is 10.1 Å². The number of halogens is 2. The fourth-order valence-electron chi connectivity index (χ4n) is 2.34. The Kier molecular flexibility index (Phi) is 6.09. The quantitative estimate of drug-likeness (QED) is 0.522. The number of nitrogens with one attached hydrogen (secondary N) is 1. The number of anilines is 1. The molecular formula is C18H14Cl2N2O2S2. The number of methoxy groups -OCH3 is 1. The van der Waals surface area contributed by atoms with Crippen molar-refractivity contribution < 1.29 is 9.53 Å². The van der Waals surface area contributed by atoms with Crippen LogP contribution in [0, 0.1) is 0 Å². The Hall–Kier alpha value is -1.73. The van der Waals surface area contributed by atoms with Gasteiger partial charge in [0.1, 0.15) is 10.1 Å². The van der Waals surface area contributed by atoms with E-state index in [1.807, 2.05) is 24.3 Å². The standard InChI is InChI=1S/C18H14Cl2N2O2S2/c1-24-15-5-3-2-4-11(15)8-16-17(23)22(18(25)26-16)10-21-12-6-7-13(19)14(20)9-12/h2-9,21H,10H2,1H3/b16-8-. The Labute approximate surface area is 171 Å². The number of hydrogen-bond donors (Lipinski definition) is 1. The molecule has 1 fully saturated rings. The molecule has 1 amide bonds. The average molecular weight is 425 g/mol. The number of amides is 1. The number of hydrogen-bond acceptors (Lipinski definition) is 5. The van der Waals surface area contributed by atoms with Crippen LogP contribution in [-0.2, 0) is 4.79 Å². The first kappa shape index (κ1) is 19.0. The van der Waals surface area contributed by atoms with E-state index in [-0.39, 0.29) is 12.6 Å². The number of rotatable bonds is 5. The lowest BCUT2D eigenvalue weighted by atomic mass is 10.2. The fourth-order valence-corrected chi connectivity index (χ4v) is 3.88. The van der Waals surface area contributed by atoms with E-state index in [0.717, 1.165) is 11.3 Å². The summed E-state index contributed by atoms with van der Waals surface area (Å²) in [6.45, 7) is 0.242. The summed E-state index contributed by atoms with van der Waals surface area (Å²) < 4.78 is 5.81.